The highest BCUT2D eigenvalue weighted by Gasteiger charge is 2.27. The summed E-state index contributed by atoms with van der Waals surface area (Å²) in [7, 11) is -1.69. The van der Waals surface area contributed by atoms with Gasteiger partial charge in [-0.1, -0.05) is 0 Å². The van der Waals surface area contributed by atoms with E-state index in [1.54, 1.807) is 11.4 Å². The molecule has 0 atom stereocenters. The smallest absolute Gasteiger partial charge is 0.264 e. The molecule has 108 valence electrons. The van der Waals surface area contributed by atoms with Gasteiger partial charge in [0.1, 0.15) is 0 Å². The molecule has 3 rings (SSSR count). The van der Waals surface area contributed by atoms with Crippen LogP contribution >= 0.6 is 22.7 Å². The van der Waals surface area contributed by atoms with Crippen molar-refractivity contribution in [2.24, 2.45) is 0 Å². The van der Waals surface area contributed by atoms with Gasteiger partial charge in [0, 0.05) is 28.1 Å². The fourth-order valence-corrected chi connectivity index (χ4v) is 5.17. The maximum absolute atomic E-state index is 12.3. The highest BCUT2D eigenvalue weighted by Crippen LogP contribution is 2.41. The molecule has 2 heterocycles. The topological polar surface area (TPSA) is 71.1 Å². The number of thiazole rings is 1. The minimum atomic E-state index is -3.52. The number of sulfonamides is 1. The van der Waals surface area contributed by atoms with Crippen molar-refractivity contribution in [3.05, 3.63) is 27.4 Å². The average molecular weight is 329 g/mol. The number of aromatic nitrogens is 1. The third-order valence-corrected chi connectivity index (χ3v) is 6.34. The van der Waals surface area contributed by atoms with Gasteiger partial charge in [-0.2, -0.15) is 0 Å². The third-order valence-electron chi connectivity index (χ3n) is 3.03. The van der Waals surface area contributed by atoms with Crippen LogP contribution in [0.15, 0.2) is 21.7 Å². The van der Waals surface area contributed by atoms with E-state index in [1.165, 1.54) is 22.7 Å². The monoisotopic (exact) mass is 329 g/mol. The van der Waals surface area contributed by atoms with Crippen LogP contribution in [-0.2, 0) is 16.6 Å². The number of thiophene rings is 1. The summed E-state index contributed by atoms with van der Waals surface area (Å²) in [5.74, 6) is 0.535. The molecule has 2 aromatic rings. The molecule has 0 bridgehead atoms. The normalized spacial score (nSPS) is 15.4. The van der Waals surface area contributed by atoms with Crippen LogP contribution in [0.3, 0.4) is 0 Å². The molecule has 1 aliphatic rings. The summed E-state index contributed by atoms with van der Waals surface area (Å²) in [6.07, 6.45) is 2.32. The Morgan fingerprint density at radius 1 is 1.35 bits per heavy atom. The molecular weight excluding hydrogens is 314 g/mol. The molecule has 0 radical (unpaired) electrons. The van der Waals surface area contributed by atoms with Crippen molar-refractivity contribution in [1.29, 1.82) is 0 Å². The van der Waals surface area contributed by atoms with Crippen LogP contribution in [-0.4, -0.2) is 20.4 Å². The Morgan fingerprint density at radius 3 is 2.85 bits per heavy atom. The highest BCUT2D eigenvalue weighted by atomic mass is 32.2. The molecule has 8 heteroatoms. The van der Waals surface area contributed by atoms with E-state index in [-0.39, 0.29) is 0 Å². The van der Waals surface area contributed by atoms with Crippen LogP contribution in [0.4, 0.5) is 5.13 Å². The van der Waals surface area contributed by atoms with Gasteiger partial charge in [-0.05, 0) is 26.0 Å². The van der Waals surface area contributed by atoms with Crippen molar-refractivity contribution < 1.29 is 8.42 Å². The van der Waals surface area contributed by atoms with Crippen LogP contribution in [0.5, 0.6) is 0 Å². The van der Waals surface area contributed by atoms with E-state index in [1.807, 2.05) is 12.4 Å². The second kappa shape index (κ2) is 5.44. The van der Waals surface area contributed by atoms with Crippen LogP contribution in [0.1, 0.15) is 29.3 Å². The van der Waals surface area contributed by atoms with Gasteiger partial charge in [0.15, 0.2) is 5.13 Å². The summed E-state index contributed by atoms with van der Waals surface area (Å²) < 4.78 is 27.1. The molecule has 0 amide bonds. The maximum Gasteiger partial charge on any atom is 0.264 e. The Morgan fingerprint density at radius 2 is 2.15 bits per heavy atom. The zero-order valence-electron chi connectivity index (χ0n) is 10.9. The molecule has 0 aromatic carbocycles. The summed E-state index contributed by atoms with van der Waals surface area (Å²) in [6, 6.07) is 1.69. The van der Waals surface area contributed by atoms with Crippen LogP contribution in [0, 0.1) is 0 Å². The van der Waals surface area contributed by atoms with Gasteiger partial charge in [0.25, 0.3) is 10.0 Å². The minimum Gasteiger partial charge on any atom is -0.315 e. The highest BCUT2D eigenvalue weighted by molar-refractivity contribution is 7.93. The molecule has 1 saturated carbocycles. The summed E-state index contributed by atoms with van der Waals surface area (Å²) in [5, 5.41) is 7.06. The van der Waals surface area contributed by atoms with Crippen molar-refractivity contribution in [2.75, 3.05) is 11.8 Å². The molecule has 0 spiro atoms. The van der Waals surface area contributed by atoms with E-state index >= 15 is 0 Å². The molecule has 0 unspecified atom stereocenters. The van der Waals surface area contributed by atoms with Gasteiger partial charge < -0.3 is 5.32 Å². The van der Waals surface area contributed by atoms with Crippen LogP contribution in [0.25, 0.3) is 0 Å². The molecule has 1 aliphatic carbocycles. The first kappa shape index (κ1) is 14.0. The quantitative estimate of drug-likeness (QED) is 0.854. The van der Waals surface area contributed by atoms with Crippen LogP contribution in [0.2, 0.25) is 0 Å². The molecule has 2 aromatic heterocycles. The van der Waals surface area contributed by atoms with E-state index in [4.69, 9.17) is 0 Å². The van der Waals surface area contributed by atoms with Gasteiger partial charge in [0.05, 0.1) is 10.6 Å². The molecule has 20 heavy (non-hydrogen) atoms. The van der Waals surface area contributed by atoms with Gasteiger partial charge in [0.2, 0.25) is 0 Å². The Balaban J connectivity index is 1.76. The summed E-state index contributed by atoms with van der Waals surface area (Å²) >= 11 is 2.78. The van der Waals surface area contributed by atoms with E-state index in [0.717, 1.165) is 23.4 Å². The average Bonchev–Trinajstić information content (AvgIpc) is 2.95. The van der Waals surface area contributed by atoms with E-state index < -0.39 is 10.0 Å². The number of hydrogen-bond acceptors (Lipinski definition) is 6. The summed E-state index contributed by atoms with van der Waals surface area (Å²) in [6.45, 7) is 0.670. The van der Waals surface area contributed by atoms with Crippen molar-refractivity contribution in [2.45, 2.75) is 30.2 Å². The minimum absolute atomic E-state index is 0.302. The van der Waals surface area contributed by atoms with Gasteiger partial charge in [-0.25, -0.2) is 13.4 Å². The lowest BCUT2D eigenvalue weighted by molar-refractivity contribution is 0.601. The number of hydrogen-bond donors (Lipinski definition) is 2. The van der Waals surface area contributed by atoms with Gasteiger partial charge in [-0.3, -0.25) is 4.72 Å². The first-order valence-corrected chi connectivity index (χ1v) is 9.53. The maximum atomic E-state index is 12.3. The molecule has 5 nitrogen and oxygen atoms in total. The van der Waals surface area contributed by atoms with E-state index in [0.29, 0.717) is 22.5 Å². The van der Waals surface area contributed by atoms with Crippen molar-refractivity contribution in [3.8, 4) is 0 Å². The van der Waals surface area contributed by atoms with Crippen molar-refractivity contribution >= 4 is 37.8 Å². The standard InChI is InChI=1S/C12H15N3O2S3/c1-13-5-9-4-10(6-18-9)20(16,17)15-12-14-11(7-19-12)8-2-3-8/h4,6-8,13H,2-3,5H2,1H3,(H,14,15). The Kier molecular flexibility index (Phi) is 3.80. The lowest BCUT2D eigenvalue weighted by Crippen LogP contribution is -2.12. The molecule has 1 fully saturated rings. The second-order valence-electron chi connectivity index (χ2n) is 4.74. The first-order chi connectivity index (χ1) is 9.58. The zero-order valence-corrected chi connectivity index (χ0v) is 13.4. The third kappa shape index (κ3) is 3.03. The van der Waals surface area contributed by atoms with Gasteiger partial charge in [-0.15, -0.1) is 22.7 Å². The fourth-order valence-electron chi connectivity index (χ4n) is 1.84. The molecule has 0 aliphatic heterocycles. The lowest BCUT2D eigenvalue weighted by Gasteiger charge is -2.02. The zero-order chi connectivity index (χ0) is 14.2. The fraction of sp³-hybridized carbons (Fsp3) is 0.417. The predicted octanol–water partition coefficient (Wildman–Crippen LogP) is 2.60. The Bertz CT molecular complexity index is 701. The molecule has 2 N–H and O–H groups in total. The SMILES string of the molecule is CNCc1cc(S(=O)(=O)Nc2nc(C3CC3)cs2)cs1. The Labute approximate surface area is 126 Å². The van der Waals surface area contributed by atoms with Crippen LogP contribution < -0.4 is 10.0 Å². The molecular formula is C12H15N3O2S3. The number of rotatable bonds is 6. The summed E-state index contributed by atoms with van der Waals surface area (Å²) in [5.41, 5.74) is 1.01. The number of nitrogens with zero attached hydrogens (tertiary/aromatic N) is 1. The molecule has 0 saturated heterocycles. The van der Waals surface area contributed by atoms with Gasteiger partial charge >= 0.3 is 0 Å². The Hall–Kier alpha value is -0.960. The summed E-state index contributed by atoms with van der Waals surface area (Å²) in [4.78, 5) is 5.64. The number of anilines is 1. The van der Waals surface area contributed by atoms with E-state index in [2.05, 4.69) is 15.0 Å². The second-order valence-corrected chi connectivity index (χ2v) is 8.27. The van der Waals surface area contributed by atoms with Crippen molar-refractivity contribution in [3.63, 3.8) is 0 Å². The predicted molar refractivity (Wildman–Crippen MR) is 82.0 cm³/mol. The lowest BCUT2D eigenvalue weighted by atomic mass is 10.3. The number of nitrogens with one attached hydrogen (secondary N) is 2. The largest absolute Gasteiger partial charge is 0.315 e. The first-order valence-electron chi connectivity index (χ1n) is 6.29. The van der Waals surface area contributed by atoms with Crippen molar-refractivity contribution in [1.82, 2.24) is 10.3 Å². The van der Waals surface area contributed by atoms with E-state index in [9.17, 15) is 8.42 Å².